The standard InChI is InChI=1S/C14H19NO3/c1-15(2)14(17)9-18-11-7-6-10-4-3-5-13(16)12(10)8-11/h6-8,13,16H,3-5,9H2,1-2H3/t13-/m0/s1. The van der Waals surface area contributed by atoms with Crippen LogP contribution in [0.1, 0.15) is 30.1 Å². The summed E-state index contributed by atoms with van der Waals surface area (Å²) in [5.74, 6) is 0.568. The lowest BCUT2D eigenvalue weighted by molar-refractivity contribution is -0.130. The van der Waals surface area contributed by atoms with Crippen molar-refractivity contribution in [3.63, 3.8) is 0 Å². The van der Waals surface area contributed by atoms with Gasteiger partial charge in [-0.05, 0) is 42.5 Å². The van der Waals surface area contributed by atoms with Crippen LogP contribution in [-0.2, 0) is 11.2 Å². The number of benzene rings is 1. The van der Waals surface area contributed by atoms with Crippen molar-refractivity contribution in [1.82, 2.24) is 4.90 Å². The lowest BCUT2D eigenvalue weighted by Gasteiger charge is -2.22. The monoisotopic (exact) mass is 249 g/mol. The quantitative estimate of drug-likeness (QED) is 0.883. The van der Waals surface area contributed by atoms with Gasteiger partial charge in [-0.25, -0.2) is 0 Å². The highest BCUT2D eigenvalue weighted by atomic mass is 16.5. The van der Waals surface area contributed by atoms with Gasteiger partial charge in [0.05, 0.1) is 6.10 Å². The number of rotatable bonds is 3. The molecule has 0 bridgehead atoms. The average molecular weight is 249 g/mol. The maximum atomic E-state index is 11.4. The van der Waals surface area contributed by atoms with Crippen LogP contribution < -0.4 is 4.74 Å². The van der Waals surface area contributed by atoms with Gasteiger partial charge in [-0.1, -0.05) is 6.07 Å². The Morgan fingerprint density at radius 1 is 1.50 bits per heavy atom. The number of hydrogen-bond donors (Lipinski definition) is 1. The predicted molar refractivity (Wildman–Crippen MR) is 68.5 cm³/mol. The second-order valence-corrected chi connectivity index (χ2v) is 4.85. The van der Waals surface area contributed by atoms with Crippen molar-refractivity contribution in [2.24, 2.45) is 0 Å². The number of aliphatic hydroxyl groups excluding tert-OH is 1. The number of likely N-dealkylation sites (N-methyl/N-ethyl adjacent to an activating group) is 1. The number of fused-ring (bicyclic) bond motifs is 1. The molecular weight excluding hydrogens is 230 g/mol. The predicted octanol–water partition coefficient (Wildman–Crippen LogP) is 1.52. The lowest BCUT2D eigenvalue weighted by Crippen LogP contribution is -2.27. The van der Waals surface area contributed by atoms with E-state index in [2.05, 4.69) is 0 Å². The van der Waals surface area contributed by atoms with E-state index >= 15 is 0 Å². The van der Waals surface area contributed by atoms with Gasteiger partial charge >= 0.3 is 0 Å². The van der Waals surface area contributed by atoms with Crippen LogP contribution in [0.5, 0.6) is 5.75 Å². The summed E-state index contributed by atoms with van der Waals surface area (Å²) in [5.41, 5.74) is 2.12. The smallest absolute Gasteiger partial charge is 0.259 e. The third kappa shape index (κ3) is 2.82. The molecule has 0 aromatic heterocycles. The normalized spacial score (nSPS) is 18.1. The Hall–Kier alpha value is -1.55. The maximum Gasteiger partial charge on any atom is 0.259 e. The molecule has 0 spiro atoms. The zero-order valence-electron chi connectivity index (χ0n) is 10.8. The van der Waals surface area contributed by atoms with E-state index in [1.165, 1.54) is 10.5 Å². The van der Waals surface area contributed by atoms with Gasteiger partial charge in [0.2, 0.25) is 0 Å². The Bertz CT molecular complexity index is 443. The first-order chi connectivity index (χ1) is 8.58. The van der Waals surface area contributed by atoms with Crippen molar-refractivity contribution in [2.75, 3.05) is 20.7 Å². The molecular formula is C14H19NO3. The highest BCUT2D eigenvalue weighted by molar-refractivity contribution is 5.77. The maximum absolute atomic E-state index is 11.4. The molecule has 1 aromatic rings. The van der Waals surface area contributed by atoms with E-state index in [1.807, 2.05) is 18.2 Å². The SMILES string of the molecule is CN(C)C(=O)COc1ccc2c(c1)[C@@H](O)CCC2. The molecule has 0 aliphatic heterocycles. The van der Waals surface area contributed by atoms with Crippen molar-refractivity contribution in [3.05, 3.63) is 29.3 Å². The third-order valence-corrected chi connectivity index (χ3v) is 3.26. The minimum Gasteiger partial charge on any atom is -0.484 e. The van der Waals surface area contributed by atoms with Crippen molar-refractivity contribution in [1.29, 1.82) is 0 Å². The van der Waals surface area contributed by atoms with Crippen LogP contribution in [-0.4, -0.2) is 36.6 Å². The zero-order valence-corrected chi connectivity index (χ0v) is 10.8. The van der Waals surface area contributed by atoms with Gasteiger partial charge in [-0.2, -0.15) is 0 Å². The number of amides is 1. The minimum absolute atomic E-state index is 0.0296. The largest absolute Gasteiger partial charge is 0.484 e. The van der Waals surface area contributed by atoms with Crippen LogP contribution in [0.15, 0.2) is 18.2 Å². The number of carbonyl (C=O) groups excluding carboxylic acids is 1. The molecule has 0 saturated carbocycles. The molecule has 4 nitrogen and oxygen atoms in total. The first-order valence-electron chi connectivity index (χ1n) is 6.22. The summed E-state index contributed by atoms with van der Waals surface area (Å²) < 4.78 is 5.44. The fraction of sp³-hybridized carbons (Fsp3) is 0.500. The topological polar surface area (TPSA) is 49.8 Å². The number of hydrogen-bond acceptors (Lipinski definition) is 3. The molecule has 1 aliphatic carbocycles. The van der Waals surface area contributed by atoms with Gasteiger partial charge in [0.1, 0.15) is 5.75 Å². The van der Waals surface area contributed by atoms with Gasteiger partial charge in [-0.15, -0.1) is 0 Å². The Balaban J connectivity index is 2.06. The second-order valence-electron chi connectivity index (χ2n) is 4.85. The molecule has 1 N–H and O–H groups in total. The van der Waals surface area contributed by atoms with E-state index < -0.39 is 6.10 Å². The lowest BCUT2D eigenvalue weighted by atomic mass is 9.89. The van der Waals surface area contributed by atoms with E-state index in [0.29, 0.717) is 5.75 Å². The van der Waals surface area contributed by atoms with Crippen LogP contribution in [0.2, 0.25) is 0 Å². The molecule has 0 saturated heterocycles. The molecule has 4 heteroatoms. The van der Waals surface area contributed by atoms with Crippen molar-refractivity contribution in [2.45, 2.75) is 25.4 Å². The molecule has 1 amide bonds. The van der Waals surface area contributed by atoms with Crippen molar-refractivity contribution < 1.29 is 14.6 Å². The Morgan fingerprint density at radius 3 is 3.00 bits per heavy atom. The van der Waals surface area contributed by atoms with E-state index in [1.54, 1.807) is 14.1 Å². The van der Waals surface area contributed by atoms with E-state index in [0.717, 1.165) is 24.8 Å². The molecule has 0 radical (unpaired) electrons. The van der Waals surface area contributed by atoms with Crippen LogP contribution in [0.4, 0.5) is 0 Å². The van der Waals surface area contributed by atoms with Gasteiger partial charge < -0.3 is 14.7 Å². The number of carbonyl (C=O) groups is 1. The molecule has 1 aromatic carbocycles. The van der Waals surface area contributed by atoms with Gasteiger partial charge in [0.15, 0.2) is 6.61 Å². The first kappa shape index (κ1) is 12.9. The van der Waals surface area contributed by atoms with E-state index in [9.17, 15) is 9.90 Å². The second kappa shape index (κ2) is 5.40. The number of aliphatic hydroxyl groups is 1. The molecule has 18 heavy (non-hydrogen) atoms. The Labute approximate surface area is 107 Å². The fourth-order valence-electron chi connectivity index (χ4n) is 2.12. The summed E-state index contributed by atoms with van der Waals surface area (Å²) in [6, 6.07) is 5.69. The average Bonchev–Trinajstić information content (AvgIpc) is 2.36. The molecule has 98 valence electrons. The summed E-state index contributed by atoms with van der Waals surface area (Å²) in [4.78, 5) is 12.9. The van der Waals surface area contributed by atoms with E-state index in [-0.39, 0.29) is 12.5 Å². The van der Waals surface area contributed by atoms with Crippen LogP contribution in [0.3, 0.4) is 0 Å². The van der Waals surface area contributed by atoms with Gasteiger partial charge in [-0.3, -0.25) is 4.79 Å². The highest BCUT2D eigenvalue weighted by Crippen LogP contribution is 2.32. The molecule has 0 fully saturated rings. The molecule has 2 rings (SSSR count). The summed E-state index contributed by atoms with van der Waals surface area (Å²) in [6.45, 7) is 0.0296. The zero-order chi connectivity index (χ0) is 13.1. The van der Waals surface area contributed by atoms with Crippen molar-refractivity contribution in [3.8, 4) is 5.75 Å². The first-order valence-corrected chi connectivity index (χ1v) is 6.22. The van der Waals surface area contributed by atoms with Crippen LogP contribution >= 0.6 is 0 Å². The fourth-order valence-corrected chi connectivity index (χ4v) is 2.12. The Morgan fingerprint density at radius 2 is 2.28 bits per heavy atom. The van der Waals surface area contributed by atoms with Crippen molar-refractivity contribution >= 4 is 5.91 Å². The minimum atomic E-state index is -0.401. The van der Waals surface area contributed by atoms with Crippen LogP contribution in [0, 0.1) is 0 Å². The van der Waals surface area contributed by atoms with E-state index in [4.69, 9.17) is 4.74 Å². The summed E-state index contributed by atoms with van der Waals surface area (Å²) in [6.07, 6.45) is 2.42. The van der Waals surface area contributed by atoms with Gasteiger partial charge in [0, 0.05) is 14.1 Å². The highest BCUT2D eigenvalue weighted by Gasteiger charge is 2.18. The summed E-state index contributed by atoms with van der Waals surface area (Å²) in [5, 5.41) is 9.92. The number of ether oxygens (including phenoxy) is 1. The van der Waals surface area contributed by atoms with Crippen LogP contribution in [0.25, 0.3) is 0 Å². The number of nitrogens with zero attached hydrogens (tertiary/aromatic N) is 1. The third-order valence-electron chi connectivity index (χ3n) is 3.26. The Kier molecular flexibility index (Phi) is 3.87. The molecule has 0 heterocycles. The van der Waals surface area contributed by atoms with Gasteiger partial charge in [0.25, 0.3) is 5.91 Å². The molecule has 1 aliphatic rings. The number of aryl methyl sites for hydroxylation is 1. The molecule has 1 atom stereocenters. The summed E-state index contributed by atoms with van der Waals surface area (Å²) in [7, 11) is 3.39. The summed E-state index contributed by atoms with van der Waals surface area (Å²) >= 11 is 0. The molecule has 0 unspecified atom stereocenters.